The van der Waals surface area contributed by atoms with E-state index >= 15 is 0 Å². The van der Waals surface area contributed by atoms with Gasteiger partial charge in [-0.1, -0.05) is 0 Å². The van der Waals surface area contributed by atoms with Crippen molar-refractivity contribution in [2.75, 3.05) is 26.3 Å². The third kappa shape index (κ3) is 3.48. The van der Waals surface area contributed by atoms with Crippen LogP contribution in [-0.2, 0) is 4.74 Å². The van der Waals surface area contributed by atoms with Crippen LogP contribution in [-0.4, -0.2) is 44.0 Å². The standard InChI is InChI=1S/C11H20N4O/c12-10-4-7-16-8-9(15-10)3-6-14-11-2-1-5-13-11/h9H,1-8H2,(H2,12,15)(H,13,14). The van der Waals surface area contributed by atoms with E-state index < -0.39 is 0 Å². The van der Waals surface area contributed by atoms with E-state index in [1.807, 2.05) is 0 Å². The van der Waals surface area contributed by atoms with Crippen molar-refractivity contribution >= 4 is 11.7 Å². The molecule has 1 saturated heterocycles. The number of rotatable bonds is 3. The molecule has 5 nitrogen and oxygen atoms in total. The van der Waals surface area contributed by atoms with Crippen LogP contribution in [0.25, 0.3) is 0 Å². The number of nitrogens with one attached hydrogen (secondary N) is 3. The maximum Gasteiger partial charge on any atom is 0.0963 e. The first-order valence-corrected chi connectivity index (χ1v) is 6.03. The summed E-state index contributed by atoms with van der Waals surface area (Å²) in [6.45, 7) is 3.25. The quantitative estimate of drug-likeness (QED) is 0.654. The fourth-order valence-electron chi connectivity index (χ4n) is 1.99. The van der Waals surface area contributed by atoms with Crippen molar-refractivity contribution in [2.45, 2.75) is 31.7 Å². The smallest absolute Gasteiger partial charge is 0.0963 e. The number of hydrogen-bond donors (Lipinski definition) is 3. The molecule has 1 fully saturated rings. The highest BCUT2D eigenvalue weighted by Gasteiger charge is 2.14. The second-order valence-electron chi connectivity index (χ2n) is 4.29. The lowest BCUT2D eigenvalue weighted by Crippen LogP contribution is -2.38. The minimum Gasteiger partial charge on any atom is -0.379 e. The summed E-state index contributed by atoms with van der Waals surface area (Å²) in [5.41, 5.74) is 0. The Kier molecular flexibility index (Phi) is 4.16. The minimum absolute atomic E-state index is 0.268. The van der Waals surface area contributed by atoms with Crippen molar-refractivity contribution in [1.82, 2.24) is 10.6 Å². The molecule has 0 aromatic carbocycles. The van der Waals surface area contributed by atoms with E-state index in [9.17, 15) is 0 Å². The van der Waals surface area contributed by atoms with Crippen molar-refractivity contribution in [3.63, 3.8) is 0 Å². The molecule has 3 N–H and O–H groups in total. The maximum atomic E-state index is 7.63. The molecule has 0 bridgehead atoms. The molecule has 2 rings (SSSR count). The summed E-state index contributed by atoms with van der Waals surface area (Å²) in [7, 11) is 0. The largest absolute Gasteiger partial charge is 0.379 e. The van der Waals surface area contributed by atoms with Gasteiger partial charge in [-0.15, -0.1) is 0 Å². The average molecular weight is 224 g/mol. The van der Waals surface area contributed by atoms with E-state index in [2.05, 4.69) is 15.6 Å². The molecule has 1 unspecified atom stereocenters. The summed E-state index contributed by atoms with van der Waals surface area (Å²) in [6, 6.07) is 0.268. The number of hydrogen-bond acceptors (Lipinski definition) is 4. The molecule has 0 radical (unpaired) electrons. The molecule has 0 aliphatic carbocycles. The van der Waals surface area contributed by atoms with Gasteiger partial charge in [0, 0.05) is 25.9 Å². The molecule has 0 aromatic rings. The zero-order valence-corrected chi connectivity index (χ0v) is 9.59. The van der Waals surface area contributed by atoms with E-state index in [4.69, 9.17) is 10.1 Å². The molecular weight excluding hydrogens is 204 g/mol. The van der Waals surface area contributed by atoms with E-state index in [1.165, 1.54) is 6.42 Å². The highest BCUT2D eigenvalue weighted by molar-refractivity contribution is 5.83. The Morgan fingerprint density at radius 3 is 3.25 bits per heavy atom. The number of amidine groups is 2. The van der Waals surface area contributed by atoms with E-state index in [0.717, 1.165) is 31.8 Å². The fourth-order valence-corrected chi connectivity index (χ4v) is 1.99. The van der Waals surface area contributed by atoms with Gasteiger partial charge in [0.15, 0.2) is 0 Å². The van der Waals surface area contributed by atoms with Crippen LogP contribution in [0.5, 0.6) is 0 Å². The maximum absolute atomic E-state index is 7.63. The predicted molar refractivity (Wildman–Crippen MR) is 64.2 cm³/mol. The normalized spacial score (nSPS) is 25.9. The van der Waals surface area contributed by atoms with Gasteiger partial charge in [0.2, 0.25) is 0 Å². The summed E-state index contributed by atoms with van der Waals surface area (Å²) >= 11 is 0. The fraction of sp³-hybridized carbons (Fsp3) is 0.818. The lowest BCUT2D eigenvalue weighted by Gasteiger charge is -2.16. The minimum atomic E-state index is 0.268. The summed E-state index contributed by atoms with van der Waals surface area (Å²) in [5.74, 6) is 1.74. The van der Waals surface area contributed by atoms with Crippen molar-refractivity contribution in [3.8, 4) is 0 Å². The van der Waals surface area contributed by atoms with Crippen LogP contribution >= 0.6 is 0 Å². The van der Waals surface area contributed by atoms with Crippen LogP contribution in [0.4, 0.5) is 0 Å². The second-order valence-corrected chi connectivity index (χ2v) is 4.29. The SMILES string of the molecule is N=C1CCOCC(CCNC2=NCCC2)N1. The topological polar surface area (TPSA) is 69.5 Å². The van der Waals surface area contributed by atoms with Crippen molar-refractivity contribution < 1.29 is 4.74 Å². The Labute approximate surface area is 96.2 Å². The third-order valence-corrected chi connectivity index (χ3v) is 2.89. The lowest BCUT2D eigenvalue weighted by molar-refractivity contribution is 0.130. The Morgan fingerprint density at radius 2 is 2.44 bits per heavy atom. The highest BCUT2D eigenvalue weighted by atomic mass is 16.5. The molecule has 16 heavy (non-hydrogen) atoms. The van der Waals surface area contributed by atoms with Crippen LogP contribution in [0.2, 0.25) is 0 Å². The van der Waals surface area contributed by atoms with Gasteiger partial charge in [-0.05, 0) is 12.8 Å². The number of ether oxygens (including phenoxy) is 1. The van der Waals surface area contributed by atoms with Gasteiger partial charge in [0.25, 0.3) is 0 Å². The predicted octanol–water partition coefficient (Wildman–Crippen LogP) is 0.514. The molecular formula is C11H20N4O. The van der Waals surface area contributed by atoms with Gasteiger partial charge in [-0.2, -0.15) is 0 Å². The zero-order valence-electron chi connectivity index (χ0n) is 9.59. The first kappa shape index (κ1) is 11.4. The zero-order chi connectivity index (χ0) is 11.2. The van der Waals surface area contributed by atoms with Crippen LogP contribution in [0.3, 0.4) is 0 Å². The van der Waals surface area contributed by atoms with Crippen LogP contribution in [0.1, 0.15) is 25.7 Å². The van der Waals surface area contributed by atoms with Crippen LogP contribution in [0, 0.1) is 5.41 Å². The summed E-state index contributed by atoms with van der Waals surface area (Å²) in [6.07, 6.45) is 3.94. The molecule has 5 heteroatoms. The first-order chi connectivity index (χ1) is 7.84. The van der Waals surface area contributed by atoms with Gasteiger partial charge < -0.3 is 15.4 Å². The molecule has 0 spiro atoms. The third-order valence-electron chi connectivity index (χ3n) is 2.89. The molecule has 2 heterocycles. The second kappa shape index (κ2) is 5.84. The van der Waals surface area contributed by atoms with E-state index in [-0.39, 0.29) is 6.04 Å². The number of aliphatic imine (C=N–C) groups is 1. The molecule has 2 aliphatic rings. The van der Waals surface area contributed by atoms with Gasteiger partial charge in [0.05, 0.1) is 30.9 Å². The van der Waals surface area contributed by atoms with Gasteiger partial charge in [-0.25, -0.2) is 0 Å². The Bertz CT molecular complexity index is 277. The molecule has 1 atom stereocenters. The number of nitrogens with zero attached hydrogens (tertiary/aromatic N) is 1. The van der Waals surface area contributed by atoms with E-state index in [0.29, 0.717) is 25.5 Å². The molecule has 0 saturated carbocycles. The van der Waals surface area contributed by atoms with Crippen molar-refractivity contribution in [2.24, 2.45) is 4.99 Å². The van der Waals surface area contributed by atoms with Crippen LogP contribution < -0.4 is 10.6 Å². The van der Waals surface area contributed by atoms with Crippen molar-refractivity contribution in [1.29, 1.82) is 5.41 Å². The monoisotopic (exact) mass is 224 g/mol. The summed E-state index contributed by atoms with van der Waals surface area (Å²) in [4.78, 5) is 4.36. The van der Waals surface area contributed by atoms with Gasteiger partial charge >= 0.3 is 0 Å². The van der Waals surface area contributed by atoms with Crippen molar-refractivity contribution in [3.05, 3.63) is 0 Å². The Balaban J connectivity index is 1.66. The van der Waals surface area contributed by atoms with Gasteiger partial charge in [-0.3, -0.25) is 10.4 Å². The molecule has 90 valence electrons. The summed E-state index contributed by atoms with van der Waals surface area (Å²) < 4.78 is 5.44. The average Bonchev–Trinajstić information content (AvgIpc) is 2.69. The lowest BCUT2D eigenvalue weighted by atomic mass is 10.2. The molecule has 0 aromatic heterocycles. The molecule has 2 aliphatic heterocycles. The highest BCUT2D eigenvalue weighted by Crippen LogP contribution is 2.03. The van der Waals surface area contributed by atoms with Crippen LogP contribution in [0.15, 0.2) is 4.99 Å². The molecule has 0 amide bonds. The van der Waals surface area contributed by atoms with Gasteiger partial charge in [0.1, 0.15) is 0 Å². The van der Waals surface area contributed by atoms with E-state index in [1.54, 1.807) is 0 Å². The first-order valence-electron chi connectivity index (χ1n) is 6.03. The Hall–Kier alpha value is -1.10. The summed E-state index contributed by atoms with van der Waals surface area (Å²) in [5, 5.41) is 14.2. The Morgan fingerprint density at radius 1 is 1.50 bits per heavy atom.